The lowest BCUT2D eigenvalue weighted by Gasteiger charge is -2.09. The predicted molar refractivity (Wildman–Crippen MR) is 73.2 cm³/mol. The average Bonchev–Trinajstić information content (AvgIpc) is 2.80. The van der Waals surface area contributed by atoms with Crippen molar-refractivity contribution < 1.29 is 4.39 Å². The van der Waals surface area contributed by atoms with Crippen LogP contribution in [-0.4, -0.2) is 9.38 Å². The van der Waals surface area contributed by atoms with Gasteiger partial charge in [-0.15, -0.1) is 0 Å². The van der Waals surface area contributed by atoms with Gasteiger partial charge >= 0.3 is 0 Å². The van der Waals surface area contributed by atoms with Crippen LogP contribution in [0.3, 0.4) is 0 Å². The monoisotopic (exact) mass is 262 g/mol. The van der Waals surface area contributed by atoms with Crippen molar-refractivity contribution in [2.24, 2.45) is 0 Å². The molecule has 92 valence electrons. The van der Waals surface area contributed by atoms with Gasteiger partial charge in [-0.25, -0.2) is 9.37 Å². The molecule has 2 rings (SSSR count). The molecular formula is C14H12ClFN2. The Kier molecular flexibility index (Phi) is 3.34. The fourth-order valence-electron chi connectivity index (χ4n) is 1.74. The lowest BCUT2D eigenvalue weighted by Crippen LogP contribution is -1.94. The van der Waals surface area contributed by atoms with Crippen LogP contribution in [0.1, 0.15) is 12.5 Å². The highest BCUT2D eigenvalue weighted by molar-refractivity contribution is 6.33. The van der Waals surface area contributed by atoms with Gasteiger partial charge in [-0.3, -0.25) is 0 Å². The van der Waals surface area contributed by atoms with Crippen molar-refractivity contribution in [1.29, 1.82) is 0 Å². The summed E-state index contributed by atoms with van der Waals surface area (Å²) in [5.41, 5.74) is 1.76. The molecule has 0 aliphatic heterocycles. The van der Waals surface area contributed by atoms with Gasteiger partial charge in [-0.1, -0.05) is 30.8 Å². The van der Waals surface area contributed by atoms with E-state index in [1.54, 1.807) is 36.0 Å². The van der Waals surface area contributed by atoms with Gasteiger partial charge in [0.25, 0.3) is 0 Å². The number of allylic oxidation sites excluding steroid dienone is 4. The molecule has 0 N–H and O–H groups in total. The molecule has 0 amide bonds. The summed E-state index contributed by atoms with van der Waals surface area (Å²) in [5.74, 6) is -0.428. The Hall–Kier alpha value is -1.87. The summed E-state index contributed by atoms with van der Waals surface area (Å²) in [7, 11) is 0. The summed E-state index contributed by atoms with van der Waals surface area (Å²) in [4.78, 5) is 4.19. The second kappa shape index (κ2) is 4.78. The molecule has 0 spiro atoms. The van der Waals surface area contributed by atoms with Crippen molar-refractivity contribution in [2.45, 2.75) is 6.92 Å². The first-order chi connectivity index (χ1) is 8.56. The van der Waals surface area contributed by atoms with Crippen LogP contribution in [0.4, 0.5) is 4.39 Å². The first kappa shape index (κ1) is 12.6. The summed E-state index contributed by atoms with van der Waals surface area (Å²) in [6.45, 7) is 8.83. The molecule has 0 atom stereocenters. The van der Waals surface area contributed by atoms with Crippen molar-refractivity contribution in [1.82, 2.24) is 9.38 Å². The van der Waals surface area contributed by atoms with E-state index >= 15 is 0 Å². The average molecular weight is 263 g/mol. The maximum Gasteiger partial charge on any atom is 0.146 e. The first-order valence-corrected chi connectivity index (χ1v) is 5.73. The van der Waals surface area contributed by atoms with E-state index < -0.39 is 5.83 Å². The second-order valence-electron chi connectivity index (χ2n) is 3.91. The number of aromatic nitrogens is 2. The molecule has 0 unspecified atom stereocenters. The number of pyridine rings is 1. The van der Waals surface area contributed by atoms with Gasteiger partial charge in [0.15, 0.2) is 0 Å². The Bertz CT molecular complexity index is 667. The minimum Gasteiger partial charge on any atom is -0.307 e. The molecule has 2 nitrogen and oxygen atoms in total. The van der Waals surface area contributed by atoms with Crippen LogP contribution in [-0.2, 0) is 0 Å². The molecule has 18 heavy (non-hydrogen) atoms. The van der Waals surface area contributed by atoms with E-state index in [1.807, 2.05) is 0 Å². The SMILES string of the molecule is C=C/C(=C(/F)C(=C)C)c1c(Cl)ccn2ccnc12. The van der Waals surface area contributed by atoms with Gasteiger partial charge < -0.3 is 4.40 Å². The van der Waals surface area contributed by atoms with Crippen LogP contribution in [0.2, 0.25) is 5.02 Å². The number of halogens is 2. The van der Waals surface area contributed by atoms with Crippen molar-refractivity contribution in [3.05, 3.63) is 65.9 Å². The Labute approximate surface area is 110 Å². The molecule has 0 radical (unpaired) electrons. The highest BCUT2D eigenvalue weighted by atomic mass is 35.5. The standard InChI is InChI=1S/C14H12ClFN2/c1-4-10(13(16)9(2)3)12-11(15)5-7-18-8-6-17-14(12)18/h4-8H,1-2H2,3H3/b13-10-. The summed E-state index contributed by atoms with van der Waals surface area (Å²) in [6, 6.07) is 1.70. The van der Waals surface area contributed by atoms with E-state index in [4.69, 9.17) is 11.6 Å². The lowest BCUT2D eigenvalue weighted by atomic mass is 10.0. The van der Waals surface area contributed by atoms with Gasteiger partial charge in [-0.2, -0.15) is 0 Å². The molecule has 0 saturated carbocycles. The van der Waals surface area contributed by atoms with Gasteiger partial charge in [0.1, 0.15) is 11.5 Å². The number of rotatable bonds is 3. The van der Waals surface area contributed by atoms with Crippen LogP contribution < -0.4 is 0 Å². The van der Waals surface area contributed by atoms with Crippen LogP contribution in [0.25, 0.3) is 11.2 Å². The molecule has 0 bridgehead atoms. The Morgan fingerprint density at radius 1 is 1.50 bits per heavy atom. The largest absolute Gasteiger partial charge is 0.307 e. The lowest BCUT2D eigenvalue weighted by molar-refractivity contribution is 0.657. The number of fused-ring (bicyclic) bond motifs is 1. The highest BCUT2D eigenvalue weighted by Gasteiger charge is 2.15. The molecule has 0 aliphatic rings. The van der Waals surface area contributed by atoms with Crippen LogP contribution >= 0.6 is 11.6 Å². The zero-order chi connectivity index (χ0) is 13.3. The minimum absolute atomic E-state index is 0.310. The first-order valence-electron chi connectivity index (χ1n) is 5.36. The quantitative estimate of drug-likeness (QED) is 0.748. The molecule has 2 heterocycles. The molecule has 2 aromatic rings. The topological polar surface area (TPSA) is 17.3 Å². The molecule has 0 fully saturated rings. The fourth-order valence-corrected chi connectivity index (χ4v) is 1.99. The smallest absolute Gasteiger partial charge is 0.146 e. The third-order valence-corrected chi connectivity index (χ3v) is 2.91. The van der Waals surface area contributed by atoms with Gasteiger partial charge in [0, 0.05) is 29.7 Å². The number of nitrogens with zero attached hydrogens (tertiary/aromatic N) is 2. The van der Waals surface area contributed by atoms with E-state index in [-0.39, 0.29) is 0 Å². The van der Waals surface area contributed by atoms with Crippen molar-refractivity contribution in [2.75, 3.05) is 0 Å². The number of imidazole rings is 1. The van der Waals surface area contributed by atoms with Gasteiger partial charge in [0.05, 0.1) is 5.02 Å². The summed E-state index contributed by atoms with van der Waals surface area (Å²) < 4.78 is 15.9. The van der Waals surface area contributed by atoms with E-state index in [1.165, 1.54) is 6.08 Å². The van der Waals surface area contributed by atoms with Crippen molar-refractivity contribution in [3.8, 4) is 0 Å². The summed E-state index contributed by atoms with van der Waals surface area (Å²) in [5, 5.41) is 0.431. The molecule has 0 aromatic carbocycles. The van der Waals surface area contributed by atoms with E-state index in [2.05, 4.69) is 18.1 Å². The fraction of sp³-hybridized carbons (Fsp3) is 0.0714. The van der Waals surface area contributed by atoms with Crippen LogP contribution in [0, 0.1) is 0 Å². The number of hydrogen-bond acceptors (Lipinski definition) is 1. The Morgan fingerprint density at radius 3 is 2.83 bits per heavy atom. The Morgan fingerprint density at radius 2 is 2.22 bits per heavy atom. The van der Waals surface area contributed by atoms with E-state index in [9.17, 15) is 4.39 Å². The van der Waals surface area contributed by atoms with Crippen molar-refractivity contribution >= 4 is 22.8 Å². The van der Waals surface area contributed by atoms with Crippen LogP contribution in [0.5, 0.6) is 0 Å². The summed E-state index contributed by atoms with van der Waals surface area (Å²) >= 11 is 6.15. The predicted octanol–water partition coefficient (Wildman–Crippen LogP) is 4.43. The summed E-state index contributed by atoms with van der Waals surface area (Å²) in [6.07, 6.45) is 6.61. The molecule has 2 aromatic heterocycles. The second-order valence-corrected chi connectivity index (χ2v) is 4.32. The molecule has 0 aliphatic carbocycles. The minimum atomic E-state index is -0.428. The molecule has 4 heteroatoms. The number of hydrogen-bond donors (Lipinski definition) is 0. The maximum atomic E-state index is 14.1. The van der Waals surface area contributed by atoms with E-state index in [0.29, 0.717) is 27.4 Å². The molecule has 0 saturated heterocycles. The van der Waals surface area contributed by atoms with Crippen LogP contribution in [0.15, 0.2) is 55.3 Å². The zero-order valence-electron chi connectivity index (χ0n) is 9.95. The van der Waals surface area contributed by atoms with Crippen molar-refractivity contribution in [3.63, 3.8) is 0 Å². The zero-order valence-corrected chi connectivity index (χ0v) is 10.7. The van der Waals surface area contributed by atoms with E-state index in [0.717, 1.165) is 0 Å². The normalized spacial score (nSPS) is 12.4. The van der Waals surface area contributed by atoms with Gasteiger partial charge in [0.2, 0.25) is 0 Å². The third-order valence-electron chi connectivity index (χ3n) is 2.60. The third kappa shape index (κ3) is 1.97. The van der Waals surface area contributed by atoms with Gasteiger partial charge in [-0.05, 0) is 18.6 Å². The Balaban J connectivity index is 2.84. The highest BCUT2D eigenvalue weighted by Crippen LogP contribution is 2.32. The maximum absolute atomic E-state index is 14.1. The molecular weight excluding hydrogens is 251 g/mol.